The molecule has 0 radical (unpaired) electrons. The van der Waals surface area contributed by atoms with Crippen molar-refractivity contribution in [3.05, 3.63) is 119 Å². The summed E-state index contributed by atoms with van der Waals surface area (Å²) in [6, 6.07) is 13.2. The Bertz CT molecular complexity index is 3330. The van der Waals surface area contributed by atoms with E-state index in [1.54, 1.807) is 51.4 Å². The van der Waals surface area contributed by atoms with Crippen LogP contribution in [0.5, 0.6) is 11.5 Å². The van der Waals surface area contributed by atoms with Crippen LogP contribution in [0.2, 0.25) is 5.02 Å². The highest BCUT2D eigenvalue weighted by molar-refractivity contribution is 7.22. The zero-order valence-corrected chi connectivity index (χ0v) is 36.6. The van der Waals surface area contributed by atoms with Crippen molar-refractivity contribution in [2.24, 2.45) is 25.4 Å². The number of benzene rings is 2. The number of fused-ring (bicyclic) bond motifs is 6. The maximum atomic E-state index is 15.1. The molecule has 0 spiro atoms. The van der Waals surface area contributed by atoms with Crippen LogP contribution < -0.4 is 31.3 Å². The number of aryl methyl sites for hydroxylation is 4. The summed E-state index contributed by atoms with van der Waals surface area (Å²) >= 11 is 7.86. The van der Waals surface area contributed by atoms with Gasteiger partial charge in [-0.1, -0.05) is 17.7 Å². The lowest BCUT2D eigenvalue weighted by Crippen LogP contribution is -2.49. The van der Waals surface area contributed by atoms with Gasteiger partial charge in [-0.2, -0.15) is 5.10 Å². The third-order valence-corrected chi connectivity index (χ3v) is 14.7. The lowest BCUT2D eigenvalue weighted by molar-refractivity contribution is -0.129. The molecule has 4 unspecified atom stereocenters. The molecule has 2 aromatic carbocycles. The van der Waals surface area contributed by atoms with Gasteiger partial charge >= 0.3 is 11.4 Å². The molecular formula is C44H41ClN8O9S. The Morgan fingerprint density at radius 3 is 2.49 bits per heavy atom. The normalized spacial score (nSPS) is 20.7. The summed E-state index contributed by atoms with van der Waals surface area (Å²) in [5.41, 5.74) is 0.273. The van der Waals surface area contributed by atoms with Crippen LogP contribution in [0.25, 0.3) is 31.7 Å². The average Bonchev–Trinajstić information content (AvgIpc) is 4.07. The quantitative estimate of drug-likeness (QED) is 0.154. The second kappa shape index (κ2) is 14.5. The number of imide groups is 1. The first-order valence-corrected chi connectivity index (χ1v) is 21.4. The van der Waals surface area contributed by atoms with Crippen LogP contribution in [-0.2, 0) is 49.8 Å². The van der Waals surface area contributed by atoms with E-state index in [-0.39, 0.29) is 43.2 Å². The van der Waals surface area contributed by atoms with Crippen molar-refractivity contribution in [3.63, 3.8) is 0 Å². The number of nitrogens with zero attached hydrogens (tertiary/aromatic N) is 8. The number of carbonyl (C=O) groups excluding carboxylic acids is 2. The molecule has 7 aromatic rings. The summed E-state index contributed by atoms with van der Waals surface area (Å²) in [5, 5.41) is 16.4. The van der Waals surface area contributed by atoms with Crippen LogP contribution in [0.3, 0.4) is 0 Å². The summed E-state index contributed by atoms with van der Waals surface area (Å²) in [6.07, 6.45) is 1.81. The largest absolute Gasteiger partial charge is 0.493 e. The van der Waals surface area contributed by atoms with Gasteiger partial charge in [0.2, 0.25) is 11.8 Å². The molecule has 19 heteroatoms. The summed E-state index contributed by atoms with van der Waals surface area (Å²) in [5.74, 6) is -1.03. The first-order chi connectivity index (χ1) is 30.2. The Morgan fingerprint density at radius 2 is 1.76 bits per heavy atom. The van der Waals surface area contributed by atoms with Gasteiger partial charge in [0.05, 0.1) is 60.0 Å². The van der Waals surface area contributed by atoms with Crippen molar-refractivity contribution in [1.82, 2.24) is 33.3 Å². The summed E-state index contributed by atoms with van der Waals surface area (Å²) in [4.78, 5) is 78.8. The van der Waals surface area contributed by atoms with Crippen LogP contribution in [-0.4, -0.2) is 64.4 Å². The first kappa shape index (κ1) is 40.6. The van der Waals surface area contributed by atoms with Gasteiger partial charge in [0.15, 0.2) is 11.5 Å². The highest BCUT2D eigenvalue weighted by Crippen LogP contribution is 2.61. The third-order valence-electron chi connectivity index (χ3n) is 13.2. The molecule has 2 amide bonds. The number of aromatic nitrogens is 7. The molecule has 7 heterocycles. The number of hydrogen-bond donors (Lipinski definition) is 1. The topological polar surface area (TPSA) is 191 Å². The fraction of sp³-hybridized carbons (Fsp3) is 0.341. The average molecular weight is 893 g/mol. The molecule has 2 aliphatic heterocycles. The van der Waals surface area contributed by atoms with Gasteiger partial charge in [0, 0.05) is 55.0 Å². The Hall–Kier alpha value is -6.50. The van der Waals surface area contributed by atoms with Crippen molar-refractivity contribution >= 4 is 61.7 Å². The fourth-order valence-electron chi connectivity index (χ4n) is 9.98. The van der Waals surface area contributed by atoms with E-state index in [4.69, 9.17) is 30.6 Å². The molecule has 10 rings (SSSR count). The summed E-state index contributed by atoms with van der Waals surface area (Å²) in [7, 11) is 6.28. The van der Waals surface area contributed by atoms with E-state index in [1.165, 1.54) is 49.1 Å². The molecule has 1 saturated heterocycles. The minimum absolute atomic E-state index is 0.00793. The van der Waals surface area contributed by atoms with Crippen molar-refractivity contribution in [1.29, 1.82) is 0 Å². The third kappa shape index (κ3) is 5.80. The zero-order chi connectivity index (χ0) is 44.4. The Morgan fingerprint density at radius 1 is 1.00 bits per heavy atom. The van der Waals surface area contributed by atoms with E-state index in [1.807, 2.05) is 31.2 Å². The zero-order valence-electron chi connectivity index (χ0n) is 35.0. The minimum Gasteiger partial charge on any atom is -0.493 e. The summed E-state index contributed by atoms with van der Waals surface area (Å²) in [6.45, 7) is 3.17. The molecule has 1 N–H and O–H groups in total. The van der Waals surface area contributed by atoms with Gasteiger partial charge < -0.3 is 23.6 Å². The van der Waals surface area contributed by atoms with Crippen LogP contribution in [0.4, 0.5) is 5.82 Å². The van der Waals surface area contributed by atoms with Gasteiger partial charge in [-0.15, -0.1) is 11.3 Å². The van der Waals surface area contributed by atoms with E-state index in [9.17, 15) is 24.3 Å². The monoisotopic (exact) mass is 892 g/mol. The molecule has 63 heavy (non-hydrogen) atoms. The number of aliphatic hydroxyl groups excluding tert-OH is 1. The summed E-state index contributed by atoms with van der Waals surface area (Å²) < 4.78 is 24.7. The van der Waals surface area contributed by atoms with Crippen molar-refractivity contribution in [2.45, 2.75) is 58.3 Å². The van der Waals surface area contributed by atoms with Crippen molar-refractivity contribution in [2.75, 3.05) is 19.1 Å². The van der Waals surface area contributed by atoms with E-state index in [2.05, 4.69) is 4.98 Å². The van der Waals surface area contributed by atoms with E-state index >= 15 is 4.79 Å². The smallest absolute Gasteiger partial charge is 0.347 e. The number of allylic oxidation sites excluding steroid dienone is 2. The molecular weight excluding hydrogens is 852 g/mol. The van der Waals surface area contributed by atoms with Gasteiger partial charge in [0.1, 0.15) is 35.3 Å². The Balaban J connectivity index is 1.03. The van der Waals surface area contributed by atoms with Crippen LogP contribution >= 0.6 is 22.9 Å². The number of amides is 2. The highest BCUT2D eigenvalue weighted by Gasteiger charge is 2.66. The minimum atomic E-state index is -1.40. The molecule has 5 aromatic heterocycles. The van der Waals surface area contributed by atoms with Gasteiger partial charge in [0.25, 0.3) is 5.56 Å². The molecule has 4 atom stereocenters. The van der Waals surface area contributed by atoms with Crippen molar-refractivity contribution in [3.8, 4) is 22.1 Å². The number of aliphatic hydroxyl groups is 1. The molecule has 17 nitrogen and oxygen atoms in total. The predicted molar refractivity (Wildman–Crippen MR) is 234 cm³/mol. The number of carbonyl (C=O) groups is 2. The molecule has 324 valence electrons. The van der Waals surface area contributed by atoms with Crippen molar-refractivity contribution < 1.29 is 28.6 Å². The molecule has 1 aliphatic carbocycles. The standard InChI is InChI=1S/C44H41ClN8O9S/c1-21-25-15-22(45)7-10-35(25)63-38(21)29-18-36(49(4)47-29)52-39(55)26-16-30-24(37(44(26,2)41(52)57)32-9-8-23(20-54)62-32)11-14-51-42(58)50(43(59)53(30)51)13-12-27-40(56)48(3)31-19-34(61-6)33(60-5)17-28(31)46-27/h7-11,15,17-19,26,30,37,54H,12-14,16,20H2,1-6H3. The number of hydrogen-bond acceptors (Lipinski definition) is 12. The number of thiophene rings is 1. The first-order valence-electron chi connectivity index (χ1n) is 20.2. The van der Waals surface area contributed by atoms with E-state index in [0.717, 1.165) is 25.1 Å². The lowest BCUT2D eigenvalue weighted by Gasteiger charge is -2.45. The molecule has 3 aliphatic rings. The molecule has 0 bridgehead atoms. The number of halogens is 1. The molecule has 2 fully saturated rings. The molecule has 1 saturated carbocycles. The Kier molecular flexibility index (Phi) is 9.36. The predicted octanol–water partition coefficient (Wildman–Crippen LogP) is 4.85. The highest BCUT2D eigenvalue weighted by atomic mass is 35.5. The number of anilines is 1. The maximum Gasteiger partial charge on any atom is 0.347 e. The maximum absolute atomic E-state index is 15.1. The number of methoxy groups -OCH3 is 2. The Labute approximate surface area is 366 Å². The van der Waals surface area contributed by atoms with Gasteiger partial charge in [-0.25, -0.2) is 33.4 Å². The number of rotatable bonds is 9. The lowest BCUT2D eigenvalue weighted by atomic mass is 9.58. The number of furan rings is 1. The van der Waals surface area contributed by atoms with Crippen LogP contribution in [0.1, 0.15) is 48.1 Å². The van der Waals surface area contributed by atoms with E-state index in [0.29, 0.717) is 44.6 Å². The SMILES string of the molecule is COc1cc2nc(CCn3c(=O)n4n(c3=O)C3CC5C(=O)N(c6cc(-c7sc8ccc(Cl)cc8c7C)nn6C)C(=O)C5(C)C(c5ccc(CO)o5)C3=CC4)c(=O)n(C)c2cc1OC. The fourth-order valence-corrected chi connectivity index (χ4v) is 11.3. The second-order valence-electron chi connectivity index (χ2n) is 16.4. The van der Waals surface area contributed by atoms with E-state index < -0.39 is 58.7 Å². The second-order valence-corrected chi connectivity index (χ2v) is 17.9. The van der Waals surface area contributed by atoms with Crippen LogP contribution in [0.15, 0.2) is 79.0 Å². The van der Waals surface area contributed by atoms with Gasteiger partial charge in [-0.3, -0.25) is 19.1 Å². The van der Waals surface area contributed by atoms with Gasteiger partial charge in [-0.05, 0) is 67.1 Å². The number of ether oxygens (including phenoxy) is 2. The van der Waals surface area contributed by atoms with Crippen LogP contribution in [0, 0.1) is 18.3 Å².